The van der Waals surface area contributed by atoms with Crippen LogP contribution in [0.2, 0.25) is 0 Å². The number of anilines is 1. The number of guanidine groups is 1. The van der Waals surface area contributed by atoms with Gasteiger partial charge in [0.05, 0.1) is 4.90 Å². The second-order valence-corrected chi connectivity index (χ2v) is 4.59. The van der Waals surface area contributed by atoms with Gasteiger partial charge >= 0.3 is 0 Å². The maximum Gasteiger partial charge on any atom is 0.285 e. The summed E-state index contributed by atoms with van der Waals surface area (Å²) in [6.45, 7) is 1.63. The van der Waals surface area contributed by atoms with Crippen molar-refractivity contribution in [2.75, 3.05) is 5.73 Å². The minimum atomic E-state index is -3.85. The van der Waals surface area contributed by atoms with Gasteiger partial charge in [0.15, 0.2) is 0 Å². The molecule has 7 heteroatoms. The normalized spacial score (nSPS) is 11.0. The van der Waals surface area contributed by atoms with Crippen LogP contribution in [0.3, 0.4) is 0 Å². The Bertz CT molecular complexity index is 503. The van der Waals surface area contributed by atoms with Gasteiger partial charge in [0.2, 0.25) is 5.96 Å². The molecular formula is C8H12N4O2S. The molecule has 0 atom stereocenters. The van der Waals surface area contributed by atoms with Gasteiger partial charge in [-0.1, -0.05) is 6.07 Å². The standard InChI is InChI=1S/C8H12N4O2S/c1-5-2-3-6(9)4-7(5)15(13,14)12-8(10)11/h2-4H,9H2,1H3,(H4,10,11,12). The Hall–Kier alpha value is -1.76. The fourth-order valence-corrected chi connectivity index (χ4v) is 2.22. The Morgan fingerprint density at radius 2 is 1.93 bits per heavy atom. The van der Waals surface area contributed by atoms with Crippen molar-refractivity contribution in [1.82, 2.24) is 0 Å². The topological polar surface area (TPSA) is 125 Å². The predicted molar refractivity (Wildman–Crippen MR) is 58.6 cm³/mol. The van der Waals surface area contributed by atoms with Crippen LogP contribution in [0.4, 0.5) is 5.69 Å². The number of sulfonamides is 1. The van der Waals surface area contributed by atoms with Crippen molar-refractivity contribution >= 4 is 21.7 Å². The zero-order valence-electron chi connectivity index (χ0n) is 8.14. The van der Waals surface area contributed by atoms with Crippen molar-refractivity contribution < 1.29 is 8.42 Å². The molecule has 6 N–H and O–H groups in total. The summed E-state index contributed by atoms with van der Waals surface area (Å²) in [6, 6.07) is 4.51. The van der Waals surface area contributed by atoms with Crippen molar-refractivity contribution in [3.63, 3.8) is 0 Å². The molecule has 0 fully saturated rings. The second kappa shape index (κ2) is 3.77. The molecule has 0 saturated heterocycles. The third-order valence-electron chi connectivity index (χ3n) is 1.72. The Balaban J connectivity index is 3.40. The van der Waals surface area contributed by atoms with Gasteiger partial charge in [0, 0.05) is 5.69 Å². The number of hydrogen-bond donors (Lipinski definition) is 3. The molecule has 0 saturated carbocycles. The number of aryl methyl sites for hydroxylation is 1. The average Bonchev–Trinajstić information content (AvgIpc) is 2.06. The van der Waals surface area contributed by atoms with E-state index < -0.39 is 16.0 Å². The monoisotopic (exact) mass is 228 g/mol. The van der Waals surface area contributed by atoms with Crippen LogP contribution in [0.5, 0.6) is 0 Å². The highest BCUT2D eigenvalue weighted by Crippen LogP contribution is 2.19. The lowest BCUT2D eigenvalue weighted by atomic mass is 10.2. The fraction of sp³-hybridized carbons (Fsp3) is 0.125. The van der Waals surface area contributed by atoms with Crippen LogP contribution in [0, 0.1) is 6.92 Å². The summed E-state index contributed by atoms with van der Waals surface area (Å²) >= 11 is 0. The highest BCUT2D eigenvalue weighted by molar-refractivity contribution is 7.90. The Morgan fingerprint density at radius 1 is 1.33 bits per heavy atom. The van der Waals surface area contributed by atoms with Crippen molar-refractivity contribution in [1.29, 1.82) is 0 Å². The van der Waals surface area contributed by atoms with Crippen molar-refractivity contribution in [2.24, 2.45) is 15.9 Å². The Labute approximate surface area is 87.8 Å². The lowest BCUT2D eigenvalue weighted by Crippen LogP contribution is -2.24. The van der Waals surface area contributed by atoms with Crippen molar-refractivity contribution in [2.45, 2.75) is 11.8 Å². The third-order valence-corrected chi connectivity index (χ3v) is 3.16. The fourth-order valence-electron chi connectivity index (χ4n) is 1.08. The molecule has 1 aromatic carbocycles. The minimum absolute atomic E-state index is 0.0101. The molecule has 0 spiro atoms. The van der Waals surface area contributed by atoms with Crippen LogP contribution in [0.15, 0.2) is 27.5 Å². The molecule has 0 aromatic heterocycles. The quantitative estimate of drug-likeness (QED) is 0.359. The van der Waals surface area contributed by atoms with E-state index in [1.54, 1.807) is 19.1 Å². The molecule has 0 heterocycles. The van der Waals surface area contributed by atoms with Crippen LogP contribution in [-0.4, -0.2) is 14.4 Å². The summed E-state index contributed by atoms with van der Waals surface area (Å²) < 4.78 is 26.4. The molecule has 0 unspecified atom stereocenters. The lowest BCUT2D eigenvalue weighted by molar-refractivity contribution is 0.597. The maximum absolute atomic E-state index is 11.6. The van der Waals surface area contributed by atoms with E-state index in [1.165, 1.54) is 6.07 Å². The van der Waals surface area contributed by atoms with Crippen molar-refractivity contribution in [3.05, 3.63) is 23.8 Å². The van der Waals surface area contributed by atoms with Gasteiger partial charge < -0.3 is 17.2 Å². The molecular weight excluding hydrogens is 216 g/mol. The molecule has 82 valence electrons. The van der Waals surface area contributed by atoms with Crippen LogP contribution in [0.25, 0.3) is 0 Å². The van der Waals surface area contributed by atoms with Crippen LogP contribution < -0.4 is 17.2 Å². The van der Waals surface area contributed by atoms with E-state index in [0.29, 0.717) is 11.3 Å². The van der Waals surface area contributed by atoms with E-state index >= 15 is 0 Å². The first-order valence-electron chi connectivity index (χ1n) is 4.05. The van der Waals surface area contributed by atoms with Crippen LogP contribution in [0.1, 0.15) is 5.56 Å². The van der Waals surface area contributed by atoms with E-state index in [4.69, 9.17) is 17.2 Å². The molecule has 0 aliphatic rings. The first-order valence-corrected chi connectivity index (χ1v) is 5.49. The molecule has 0 aliphatic heterocycles. The summed E-state index contributed by atoms with van der Waals surface area (Å²) in [7, 11) is -3.85. The molecule has 15 heavy (non-hydrogen) atoms. The SMILES string of the molecule is Cc1ccc(N)cc1S(=O)(=O)N=C(N)N. The summed E-state index contributed by atoms with van der Waals surface area (Å²) in [5.74, 6) is -0.503. The smallest absolute Gasteiger partial charge is 0.285 e. The number of nitrogens with two attached hydrogens (primary N) is 3. The van der Waals surface area contributed by atoms with Gasteiger partial charge in [-0.15, -0.1) is 4.40 Å². The Kier molecular flexibility index (Phi) is 2.85. The number of nitrogens with zero attached hydrogens (tertiary/aromatic N) is 1. The van der Waals surface area contributed by atoms with Crippen molar-refractivity contribution in [3.8, 4) is 0 Å². The highest BCUT2D eigenvalue weighted by atomic mass is 32.2. The number of benzene rings is 1. The van der Waals surface area contributed by atoms with E-state index in [9.17, 15) is 8.42 Å². The number of rotatable bonds is 2. The zero-order chi connectivity index (χ0) is 11.6. The molecule has 1 rings (SSSR count). The largest absolute Gasteiger partial charge is 0.399 e. The summed E-state index contributed by atoms with van der Waals surface area (Å²) in [5.41, 5.74) is 16.4. The van der Waals surface area contributed by atoms with Gasteiger partial charge in [0.25, 0.3) is 10.0 Å². The first kappa shape index (κ1) is 11.3. The lowest BCUT2D eigenvalue weighted by Gasteiger charge is -2.04. The molecule has 0 radical (unpaired) electrons. The van der Waals surface area contributed by atoms with Gasteiger partial charge in [-0.05, 0) is 24.6 Å². The van der Waals surface area contributed by atoms with E-state index in [2.05, 4.69) is 4.40 Å². The molecule has 1 aromatic rings. The van der Waals surface area contributed by atoms with Crippen LogP contribution >= 0.6 is 0 Å². The first-order chi connectivity index (χ1) is 6.83. The summed E-state index contributed by atoms with van der Waals surface area (Å²) in [5, 5.41) is 0. The van der Waals surface area contributed by atoms with Gasteiger partial charge in [-0.3, -0.25) is 0 Å². The van der Waals surface area contributed by atoms with Gasteiger partial charge in [-0.25, -0.2) is 0 Å². The zero-order valence-corrected chi connectivity index (χ0v) is 8.95. The second-order valence-electron chi connectivity index (χ2n) is 3.02. The molecule has 0 bridgehead atoms. The Morgan fingerprint density at radius 3 is 2.47 bits per heavy atom. The van der Waals surface area contributed by atoms with Crippen LogP contribution in [-0.2, 0) is 10.0 Å². The minimum Gasteiger partial charge on any atom is -0.399 e. The highest BCUT2D eigenvalue weighted by Gasteiger charge is 2.16. The van der Waals surface area contributed by atoms with E-state index in [1.807, 2.05) is 0 Å². The van der Waals surface area contributed by atoms with Gasteiger partial charge in [-0.2, -0.15) is 8.42 Å². The predicted octanol–water partition coefficient (Wildman–Crippen LogP) is -0.461. The number of nitrogen functional groups attached to an aromatic ring is 1. The number of hydrogen-bond acceptors (Lipinski definition) is 3. The summed E-state index contributed by atoms with van der Waals surface area (Å²) in [4.78, 5) is 0.0101. The molecule has 0 amide bonds. The molecule has 6 nitrogen and oxygen atoms in total. The third kappa shape index (κ3) is 2.59. The van der Waals surface area contributed by atoms with E-state index in [0.717, 1.165) is 0 Å². The summed E-state index contributed by atoms with van der Waals surface area (Å²) in [6.07, 6.45) is 0. The maximum atomic E-state index is 11.6. The molecule has 0 aliphatic carbocycles. The van der Waals surface area contributed by atoms with Gasteiger partial charge in [0.1, 0.15) is 0 Å². The average molecular weight is 228 g/mol. The van der Waals surface area contributed by atoms with E-state index in [-0.39, 0.29) is 4.90 Å².